The van der Waals surface area contributed by atoms with Crippen molar-refractivity contribution in [3.63, 3.8) is 0 Å². The fourth-order valence-corrected chi connectivity index (χ4v) is 1.24. The van der Waals surface area contributed by atoms with Crippen LogP contribution in [0.25, 0.3) is 5.57 Å². The zero-order valence-corrected chi connectivity index (χ0v) is 7.06. The third kappa shape index (κ3) is 1.17. The summed E-state index contributed by atoms with van der Waals surface area (Å²) in [5.41, 5.74) is 0.399. The Balaban J connectivity index is 2.54. The minimum absolute atomic E-state index is 0.0735. The van der Waals surface area contributed by atoms with Gasteiger partial charge in [-0.05, 0) is 5.56 Å². The SMILES string of the molecule is O=C1OC(=O)C(c2ccccc2)=C1O. The lowest BCUT2D eigenvalue weighted by Crippen LogP contribution is -2.01. The van der Waals surface area contributed by atoms with Gasteiger partial charge in [-0.2, -0.15) is 0 Å². The molecule has 0 unspecified atom stereocenters. The van der Waals surface area contributed by atoms with E-state index in [1.807, 2.05) is 0 Å². The van der Waals surface area contributed by atoms with Crippen LogP contribution in [-0.4, -0.2) is 17.0 Å². The van der Waals surface area contributed by atoms with Crippen LogP contribution in [0.15, 0.2) is 36.1 Å². The Kier molecular flexibility index (Phi) is 1.81. The highest BCUT2D eigenvalue weighted by Crippen LogP contribution is 2.24. The molecular formula is C10H6O4. The lowest BCUT2D eigenvalue weighted by atomic mass is 10.1. The average Bonchev–Trinajstić information content (AvgIpc) is 2.43. The summed E-state index contributed by atoms with van der Waals surface area (Å²) < 4.78 is 4.24. The fraction of sp³-hybridized carbons (Fsp3) is 0. The lowest BCUT2D eigenvalue weighted by Gasteiger charge is -1.96. The molecule has 4 nitrogen and oxygen atoms in total. The monoisotopic (exact) mass is 190 g/mol. The van der Waals surface area contributed by atoms with E-state index in [2.05, 4.69) is 4.74 Å². The van der Waals surface area contributed by atoms with Gasteiger partial charge in [-0.3, -0.25) is 0 Å². The van der Waals surface area contributed by atoms with Crippen molar-refractivity contribution < 1.29 is 19.4 Å². The van der Waals surface area contributed by atoms with Gasteiger partial charge in [0.15, 0.2) is 0 Å². The molecule has 14 heavy (non-hydrogen) atoms. The molecule has 0 amide bonds. The van der Waals surface area contributed by atoms with Crippen LogP contribution < -0.4 is 0 Å². The quantitative estimate of drug-likeness (QED) is 0.530. The van der Waals surface area contributed by atoms with E-state index < -0.39 is 17.7 Å². The normalized spacial score (nSPS) is 16.0. The zero-order valence-electron chi connectivity index (χ0n) is 7.06. The summed E-state index contributed by atoms with van der Waals surface area (Å²) in [6.07, 6.45) is 0. The van der Waals surface area contributed by atoms with Gasteiger partial charge >= 0.3 is 11.9 Å². The van der Waals surface area contributed by atoms with Crippen LogP contribution in [-0.2, 0) is 14.3 Å². The zero-order chi connectivity index (χ0) is 10.1. The molecule has 0 fully saturated rings. The van der Waals surface area contributed by atoms with Gasteiger partial charge in [0, 0.05) is 0 Å². The smallest absolute Gasteiger partial charge is 0.382 e. The molecule has 1 aliphatic heterocycles. The fourth-order valence-electron chi connectivity index (χ4n) is 1.24. The molecule has 1 aromatic carbocycles. The molecule has 70 valence electrons. The molecule has 0 aromatic heterocycles. The van der Waals surface area contributed by atoms with Crippen LogP contribution in [0, 0.1) is 0 Å². The van der Waals surface area contributed by atoms with Crippen molar-refractivity contribution in [2.75, 3.05) is 0 Å². The molecule has 1 N–H and O–H groups in total. The van der Waals surface area contributed by atoms with Crippen molar-refractivity contribution >= 4 is 17.5 Å². The van der Waals surface area contributed by atoms with Crippen molar-refractivity contribution in [2.24, 2.45) is 0 Å². The second-order valence-corrected chi connectivity index (χ2v) is 2.77. The van der Waals surface area contributed by atoms with E-state index in [1.165, 1.54) is 0 Å². The number of benzene rings is 1. The summed E-state index contributed by atoms with van der Waals surface area (Å²) in [7, 11) is 0. The highest BCUT2D eigenvalue weighted by molar-refractivity contribution is 6.29. The summed E-state index contributed by atoms with van der Waals surface area (Å²) in [6, 6.07) is 8.40. The van der Waals surface area contributed by atoms with E-state index >= 15 is 0 Å². The Labute approximate surface area is 79.4 Å². The first-order chi connectivity index (χ1) is 6.70. The average molecular weight is 190 g/mol. The molecule has 0 saturated carbocycles. The van der Waals surface area contributed by atoms with Crippen LogP contribution in [0.5, 0.6) is 0 Å². The van der Waals surface area contributed by atoms with E-state index in [0.29, 0.717) is 5.56 Å². The molecule has 2 rings (SSSR count). The van der Waals surface area contributed by atoms with Crippen molar-refractivity contribution in [3.05, 3.63) is 41.7 Å². The van der Waals surface area contributed by atoms with E-state index in [1.54, 1.807) is 30.3 Å². The summed E-state index contributed by atoms with van der Waals surface area (Å²) >= 11 is 0. The topological polar surface area (TPSA) is 63.6 Å². The minimum Gasteiger partial charge on any atom is -0.501 e. The van der Waals surface area contributed by atoms with Gasteiger partial charge in [-0.25, -0.2) is 9.59 Å². The first kappa shape index (κ1) is 8.50. The van der Waals surface area contributed by atoms with Crippen LogP contribution in [0.2, 0.25) is 0 Å². The van der Waals surface area contributed by atoms with E-state index in [-0.39, 0.29) is 5.57 Å². The van der Waals surface area contributed by atoms with Gasteiger partial charge < -0.3 is 9.84 Å². The summed E-state index contributed by atoms with van der Waals surface area (Å²) in [6.45, 7) is 0. The second-order valence-electron chi connectivity index (χ2n) is 2.77. The molecule has 4 heteroatoms. The molecule has 0 radical (unpaired) electrons. The highest BCUT2D eigenvalue weighted by atomic mass is 16.6. The lowest BCUT2D eigenvalue weighted by molar-refractivity contribution is -0.151. The van der Waals surface area contributed by atoms with E-state index in [9.17, 15) is 14.7 Å². The molecule has 1 heterocycles. The molecule has 0 saturated heterocycles. The Bertz CT molecular complexity index is 431. The Morgan fingerprint density at radius 2 is 1.64 bits per heavy atom. The van der Waals surface area contributed by atoms with E-state index in [4.69, 9.17) is 0 Å². The van der Waals surface area contributed by atoms with Gasteiger partial charge in [0.25, 0.3) is 0 Å². The maximum absolute atomic E-state index is 11.1. The summed E-state index contributed by atoms with van der Waals surface area (Å²) in [4.78, 5) is 22.0. The molecule has 0 aliphatic carbocycles. The van der Waals surface area contributed by atoms with Crippen molar-refractivity contribution in [1.82, 2.24) is 0 Å². The minimum atomic E-state index is -0.992. The number of rotatable bonds is 1. The first-order valence-corrected chi connectivity index (χ1v) is 3.95. The second kappa shape index (κ2) is 2.99. The number of aliphatic hydroxyl groups excluding tert-OH is 1. The number of carbonyl (C=O) groups excluding carboxylic acids is 2. The maximum Gasteiger partial charge on any atom is 0.382 e. The third-order valence-corrected chi connectivity index (χ3v) is 1.88. The number of hydrogen-bond acceptors (Lipinski definition) is 4. The van der Waals surface area contributed by atoms with E-state index in [0.717, 1.165) is 0 Å². The number of cyclic esters (lactones) is 2. The largest absolute Gasteiger partial charge is 0.501 e. The molecule has 0 spiro atoms. The van der Waals surface area contributed by atoms with Gasteiger partial charge in [-0.15, -0.1) is 0 Å². The Morgan fingerprint density at radius 1 is 1.00 bits per heavy atom. The highest BCUT2D eigenvalue weighted by Gasteiger charge is 2.33. The third-order valence-electron chi connectivity index (χ3n) is 1.88. The van der Waals surface area contributed by atoms with Crippen LogP contribution in [0.4, 0.5) is 0 Å². The molecule has 0 atom stereocenters. The number of aliphatic hydroxyl groups is 1. The van der Waals surface area contributed by atoms with Gasteiger partial charge in [-0.1, -0.05) is 30.3 Å². The summed E-state index contributed by atoms with van der Waals surface area (Å²) in [5, 5.41) is 9.27. The number of ether oxygens (including phenoxy) is 1. The predicted molar refractivity (Wildman–Crippen MR) is 47.1 cm³/mol. The molecule has 1 aliphatic rings. The van der Waals surface area contributed by atoms with Gasteiger partial charge in [0.05, 0.1) is 0 Å². The standard InChI is InChI=1S/C10H6O4/c11-8-7(9(12)14-10(8)13)6-4-2-1-3-5-6/h1-5,11H. The summed E-state index contributed by atoms with van der Waals surface area (Å²) in [5.74, 6) is -2.42. The van der Waals surface area contributed by atoms with Crippen LogP contribution in [0.3, 0.4) is 0 Å². The van der Waals surface area contributed by atoms with Crippen LogP contribution in [0.1, 0.15) is 5.56 Å². The molecule has 1 aromatic rings. The number of hydrogen-bond donors (Lipinski definition) is 1. The number of esters is 2. The molecular weight excluding hydrogens is 184 g/mol. The predicted octanol–water partition coefficient (Wildman–Crippen LogP) is 1.04. The Hall–Kier alpha value is -2.10. The maximum atomic E-state index is 11.1. The van der Waals surface area contributed by atoms with Gasteiger partial charge in [0.2, 0.25) is 5.76 Å². The van der Waals surface area contributed by atoms with Crippen LogP contribution >= 0.6 is 0 Å². The van der Waals surface area contributed by atoms with Crippen molar-refractivity contribution in [2.45, 2.75) is 0 Å². The van der Waals surface area contributed by atoms with Gasteiger partial charge in [0.1, 0.15) is 5.57 Å². The molecule has 0 bridgehead atoms. The van der Waals surface area contributed by atoms with Crippen molar-refractivity contribution in [3.8, 4) is 0 Å². The van der Waals surface area contributed by atoms with Crippen molar-refractivity contribution in [1.29, 1.82) is 0 Å². The number of carbonyl (C=O) groups is 2. The first-order valence-electron chi connectivity index (χ1n) is 3.95. The Morgan fingerprint density at radius 3 is 2.14 bits per heavy atom.